The van der Waals surface area contributed by atoms with Gasteiger partial charge in [0.1, 0.15) is 0 Å². The first-order valence-corrected chi connectivity index (χ1v) is 7.06. The second-order valence-electron chi connectivity index (χ2n) is 5.19. The van der Waals surface area contributed by atoms with Crippen molar-refractivity contribution in [1.82, 2.24) is 15.5 Å². The molecule has 2 N–H and O–H groups in total. The van der Waals surface area contributed by atoms with Crippen LogP contribution in [0.2, 0.25) is 0 Å². The molecule has 3 heteroatoms. The van der Waals surface area contributed by atoms with Gasteiger partial charge >= 0.3 is 0 Å². The maximum absolute atomic E-state index is 3.94. The molecule has 0 bridgehead atoms. The average Bonchev–Trinajstić information content (AvgIpc) is 2.36. The molecule has 0 amide bonds. The van der Waals surface area contributed by atoms with E-state index in [4.69, 9.17) is 0 Å². The fourth-order valence-electron chi connectivity index (χ4n) is 2.01. The minimum atomic E-state index is 0.147. The zero-order chi connectivity index (χ0) is 14.8. The molecule has 2 unspecified atom stereocenters. The van der Waals surface area contributed by atoms with Gasteiger partial charge in [0.05, 0.1) is 6.04 Å². The molecule has 0 heterocycles. The Morgan fingerprint density at radius 2 is 1.95 bits per heavy atom. The molecule has 0 spiro atoms. The third kappa shape index (κ3) is 7.19. The Morgan fingerprint density at radius 3 is 2.37 bits per heavy atom. The highest BCUT2D eigenvalue weighted by Crippen LogP contribution is 2.11. The van der Waals surface area contributed by atoms with Crippen molar-refractivity contribution in [3.8, 4) is 0 Å². The minimum Gasteiger partial charge on any atom is -0.389 e. The summed E-state index contributed by atoms with van der Waals surface area (Å²) in [6.45, 7) is 16.3. The lowest BCUT2D eigenvalue weighted by atomic mass is 10.0. The molecule has 0 aromatic carbocycles. The van der Waals surface area contributed by atoms with Crippen molar-refractivity contribution in [3.63, 3.8) is 0 Å². The van der Waals surface area contributed by atoms with Gasteiger partial charge in [-0.05, 0) is 53.4 Å². The maximum atomic E-state index is 3.94. The van der Waals surface area contributed by atoms with Gasteiger partial charge in [0.15, 0.2) is 0 Å². The van der Waals surface area contributed by atoms with E-state index in [0.717, 1.165) is 25.2 Å². The van der Waals surface area contributed by atoms with Crippen LogP contribution in [0.1, 0.15) is 27.2 Å². The molecule has 2 atom stereocenters. The Labute approximate surface area is 119 Å². The van der Waals surface area contributed by atoms with E-state index < -0.39 is 0 Å². The van der Waals surface area contributed by atoms with E-state index in [-0.39, 0.29) is 6.04 Å². The van der Waals surface area contributed by atoms with Crippen LogP contribution in [-0.4, -0.2) is 44.2 Å². The third-order valence-electron chi connectivity index (χ3n) is 3.14. The second kappa shape index (κ2) is 9.82. The molecule has 0 aliphatic heterocycles. The van der Waals surface area contributed by atoms with E-state index in [0.29, 0.717) is 6.04 Å². The highest BCUT2D eigenvalue weighted by Gasteiger charge is 2.13. The van der Waals surface area contributed by atoms with E-state index in [9.17, 15) is 0 Å². The minimum absolute atomic E-state index is 0.147. The van der Waals surface area contributed by atoms with Crippen LogP contribution in [0, 0.1) is 0 Å². The van der Waals surface area contributed by atoms with Crippen LogP contribution in [0.25, 0.3) is 0 Å². The van der Waals surface area contributed by atoms with Crippen molar-refractivity contribution in [3.05, 3.63) is 36.6 Å². The Balaban J connectivity index is 4.66. The summed E-state index contributed by atoms with van der Waals surface area (Å²) in [6.07, 6.45) is 4.97. The van der Waals surface area contributed by atoms with Gasteiger partial charge in [-0.2, -0.15) is 0 Å². The number of nitrogens with zero attached hydrogens (tertiary/aromatic N) is 1. The van der Waals surface area contributed by atoms with Crippen molar-refractivity contribution in [2.45, 2.75) is 39.3 Å². The van der Waals surface area contributed by atoms with Crippen LogP contribution in [0.3, 0.4) is 0 Å². The lowest BCUT2D eigenvalue weighted by molar-refractivity contribution is 0.363. The standard InChI is InChI=1S/C16H31N3/c1-8-15(14(5)17-10-3)16(9-2)18-13(4)11-12-19(6)7/h8-9,13,16-18H,1-2,10-12H2,3-7H3/b15-14+. The molecule has 110 valence electrons. The van der Waals surface area contributed by atoms with Crippen molar-refractivity contribution in [2.75, 3.05) is 27.2 Å². The molecular weight excluding hydrogens is 234 g/mol. The molecule has 0 saturated carbocycles. The van der Waals surface area contributed by atoms with Gasteiger partial charge in [-0.15, -0.1) is 6.58 Å². The van der Waals surface area contributed by atoms with Gasteiger partial charge in [0.2, 0.25) is 0 Å². The lowest BCUT2D eigenvalue weighted by Crippen LogP contribution is -2.38. The van der Waals surface area contributed by atoms with Crippen molar-refractivity contribution < 1.29 is 0 Å². The van der Waals surface area contributed by atoms with Crippen LogP contribution >= 0.6 is 0 Å². The van der Waals surface area contributed by atoms with Gasteiger partial charge in [0.25, 0.3) is 0 Å². The second-order valence-corrected chi connectivity index (χ2v) is 5.19. The normalized spacial score (nSPS) is 15.7. The number of hydrogen-bond donors (Lipinski definition) is 2. The summed E-state index contributed by atoms with van der Waals surface area (Å²) < 4.78 is 0. The van der Waals surface area contributed by atoms with E-state index in [2.05, 4.69) is 63.6 Å². The SMILES string of the molecule is C=C/C(=C(/C)NCC)C(C=C)NC(C)CCN(C)C. The number of allylic oxidation sites excluding steroid dienone is 1. The van der Waals surface area contributed by atoms with Gasteiger partial charge in [-0.1, -0.05) is 18.7 Å². The monoisotopic (exact) mass is 265 g/mol. The van der Waals surface area contributed by atoms with E-state index >= 15 is 0 Å². The number of rotatable bonds is 10. The van der Waals surface area contributed by atoms with Crippen molar-refractivity contribution >= 4 is 0 Å². The summed E-state index contributed by atoms with van der Waals surface area (Å²) in [5.74, 6) is 0. The fourth-order valence-corrected chi connectivity index (χ4v) is 2.01. The summed E-state index contributed by atoms with van der Waals surface area (Å²) in [5, 5.41) is 6.95. The molecule has 0 saturated heterocycles. The van der Waals surface area contributed by atoms with Gasteiger partial charge < -0.3 is 15.5 Å². The van der Waals surface area contributed by atoms with Gasteiger partial charge in [-0.25, -0.2) is 0 Å². The topological polar surface area (TPSA) is 27.3 Å². The first-order chi connectivity index (χ1) is 8.96. The summed E-state index contributed by atoms with van der Waals surface area (Å²) in [4.78, 5) is 2.20. The Hall–Kier alpha value is -1.06. The molecular formula is C16H31N3. The number of nitrogens with one attached hydrogen (secondary N) is 2. The van der Waals surface area contributed by atoms with E-state index in [1.165, 1.54) is 5.57 Å². The molecule has 0 aromatic heterocycles. The Bertz CT molecular complexity index is 305. The van der Waals surface area contributed by atoms with Crippen LogP contribution in [0.15, 0.2) is 36.6 Å². The molecule has 0 fully saturated rings. The van der Waals surface area contributed by atoms with Crippen molar-refractivity contribution in [1.29, 1.82) is 0 Å². The first-order valence-electron chi connectivity index (χ1n) is 7.06. The summed E-state index contributed by atoms with van der Waals surface area (Å²) in [6, 6.07) is 0.587. The molecule has 3 nitrogen and oxygen atoms in total. The highest BCUT2D eigenvalue weighted by atomic mass is 15.1. The van der Waals surface area contributed by atoms with Crippen LogP contribution in [0.4, 0.5) is 0 Å². The molecule has 0 radical (unpaired) electrons. The fraction of sp³-hybridized carbons (Fsp3) is 0.625. The van der Waals surface area contributed by atoms with Gasteiger partial charge in [-0.3, -0.25) is 0 Å². The summed E-state index contributed by atoms with van der Waals surface area (Å²) >= 11 is 0. The van der Waals surface area contributed by atoms with E-state index in [1.54, 1.807) is 0 Å². The predicted molar refractivity (Wildman–Crippen MR) is 86.3 cm³/mol. The number of hydrogen-bond acceptors (Lipinski definition) is 3. The molecule has 0 aromatic rings. The van der Waals surface area contributed by atoms with E-state index in [1.807, 2.05) is 12.2 Å². The van der Waals surface area contributed by atoms with Crippen LogP contribution in [-0.2, 0) is 0 Å². The summed E-state index contributed by atoms with van der Waals surface area (Å²) in [7, 11) is 4.20. The Morgan fingerprint density at radius 1 is 1.32 bits per heavy atom. The summed E-state index contributed by atoms with van der Waals surface area (Å²) in [5.41, 5.74) is 2.34. The largest absolute Gasteiger partial charge is 0.389 e. The van der Waals surface area contributed by atoms with Crippen LogP contribution in [0.5, 0.6) is 0 Å². The zero-order valence-electron chi connectivity index (χ0n) is 13.3. The zero-order valence-corrected chi connectivity index (χ0v) is 13.3. The van der Waals surface area contributed by atoms with Crippen molar-refractivity contribution in [2.24, 2.45) is 0 Å². The third-order valence-corrected chi connectivity index (χ3v) is 3.14. The first kappa shape index (κ1) is 17.9. The molecule has 0 rings (SSSR count). The maximum Gasteiger partial charge on any atom is 0.0522 e. The molecule has 19 heavy (non-hydrogen) atoms. The lowest BCUT2D eigenvalue weighted by Gasteiger charge is -2.24. The quantitative estimate of drug-likeness (QED) is 0.469. The Kier molecular flexibility index (Phi) is 9.27. The molecule has 0 aliphatic carbocycles. The van der Waals surface area contributed by atoms with Gasteiger partial charge in [0, 0.05) is 18.3 Å². The molecule has 0 aliphatic rings. The average molecular weight is 265 g/mol. The smallest absolute Gasteiger partial charge is 0.0522 e. The van der Waals surface area contributed by atoms with Crippen LogP contribution < -0.4 is 10.6 Å². The highest BCUT2D eigenvalue weighted by molar-refractivity contribution is 5.31. The predicted octanol–water partition coefficient (Wildman–Crippen LogP) is 2.54.